The molecule has 0 aliphatic rings. The number of ether oxygens (including phenoxy) is 1. The summed E-state index contributed by atoms with van der Waals surface area (Å²) in [4.78, 5) is 15.2. The SMILES string of the molecule is C#CCCOc1nc2ccccn2c1C(=O)O. The zero-order valence-corrected chi connectivity index (χ0v) is 8.96. The maximum Gasteiger partial charge on any atom is 0.358 e. The van der Waals surface area contributed by atoms with Crippen molar-refractivity contribution in [2.75, 3.05) is 6.61 Å². The van der Waals surface area contributed by atoms with Crippen LogP contribution < -0.4 is 4.74 Å². The molecule has 1 N–H and O–H groups in total. The first-order chi connectivity index (χ1) is 8.24. The van der Waals surface area contributed by atoms with Crippen LogP contribution >= 0.6 is 0 Å². The summed E-state index contributed by atoms with van der Waals surface area (Å²) in [6.45, 7) is 0.251. The van der Waals surface area contributed by atoms with Gasteiger partial charge in [-0.3, -0.25) is 4.40 Å². The van der Waals surface area contributed by atoms with Gasteiger partial charge in [-0.25, -0.2) is 4.79 Å². The van der Waals surface area contributed by atoms with E-state index in [1.165, 1.54) is 4.40 Å². The average molecular weight is 230 g/mol. The summed E-state index contributed by atoms with van der Waals surface area (Å²) in [5.74, 6) is 1.43. The molecule has 5 nitrogen and oxygen atoms in total. The summed E-state index contributed by atoms with van der Waals surface area (Å²) in [7, 11) is 0. The molecule has 0 saturated carbocycles. The highest BCUT2D eigenvalue weighted by atomic mass is 16.5. The lowest BCUT2D eigenvalue weighted by Crippen LogP contribution is -2.06. The van der Waals surface area contributed by atoms with Gasteiger partial charge < -0.3 is 9.84 Å². The predicted molar refractivity (Wildman–Crippen MR) is 61.1 cm³/mol. The number of nitrogens with zero attached hydrogens (tertiary/aromatic N) is 2. The van der Waals surface area contributed by atoms with Gasteiger partial charge in [0.25, 0.3) is 0 Å². The molecule has 0 fully saturated rings. The number of rotatable bonds is 4. The van der Waals surface area contributed by atoms with Gasteiger partial charge in [-0.2, -0.15) is 4.98 Å². The topological polar surface area (TPSA) is 63.8 Å². The van der Waals surface area contributed by atoms with E-state index in [1.807, 2.05) is 0 Å². The van der Waals surface area contributed by atoms with Crippen LogP contribution in [0.1, 0.15) is 16.9 Å². The van der Waals surface area contributed by atoms with E-state index in [9.17, 15) is 4.79 Å². The van der Waals surface area contributed by atoms with Gasteiger partial charge in [0.2, 0.25) is 5.88 Å². The van der Waals surface area contributed by atoms with Gasteiger partial charge in [0.1, 0.15) is 12.3 Å². The summed E-state index contributed by atoms with van der Waals surface area (Å²) in [6, 6.07) is 5.21. The summed E-state index contributed by atoms with van der Waals surface area (Å²) < 4.78 is 6.73. The molecule has 0 bridgehead atoms. The van der Waals surface area contributed by atoms with Gasteiger partial charge in [0.15, 0.2) is 5.69 Å². The number of hydrogen-bond acceptors (Lipinski definition) is 3. The molecule has 2 aromatic heterocycles. The van der Waals surface area contributed by atoms with Crippen molar-refractivity contribution in [1.29, 1.82) is 0 Å². The van der Waals surface area contributed by atoms with E-state index >= 15 is 0 Å². The second-order valence-corrected chi connectivity index (χ2v) is 3.30. The Morgan fingerprint density at radius 1 is 1.59 bits per heavy atom. The minimum absolute atomic E-state index is 0.0117. The van der Waals surface area contributed by atoms with Crippen LogP contribution in [0.25, 0.3) is 5.65 Å². The molecule has 0 spiro atoms. The molecule has 0 saturated heterocycles. The van der Waals surface area contributed by atoms with Crippen molar-refractivity contribution in [3.63, 3.8) is 0 Å². The zero-order chi connectivity index (χ0) is 12.3. The fourth-order valence-corrected chi connectivity index (χ4v) is 1.48. The maximum absolute atomic E-state index is 11.1. The van der Waals surface area contributed by atoms with Gasteiger partial charge in [0, 0.05) is 12.6 Å². The van der Waals surface area contributed by atoms with E-state index in [1.54, 1.807) is 24.4 Å². The minimum atomic E-state index is -1.08. The van der Waals surface area contributed by atoms with E-state index < -0.39 is 5.97 Å². The van der Waals surface area contributed by atoms with Crippen molar-refractivity contribution in [1.82, 2.24) is 9.38 Å². The predicted octanol–water partition coefficient (Wildman–Crippen LogP) is 1.43. The highest BCUT2D eigenvalue weighted by Crippen LogP contribution is 2.19. The Kier molecular flexibility index (Phi) is 2.97. The van der Waals surface area contributed by atoms with Gasteiger partial charge in [-0.15, -0.1) is 12.3 Å². The number of aromatic nitrogens is 2. The molecule has 5 heteroatoms. The molecule has 86 valence electrons. The number of pyridine rings is 1. The Labute approximate surface area is 97.7 Å². The smallest absolute Gasteiger partial charge is 0.358 e. The molecule has 2 heterocycles. The molecular weight excluding hydrogens is 220 g/mol. The Morgan fingerprint density at radius 2 is 2.41 bits per heavy atom. The second-order valence-electron chi connectivity index (χ2n) is 3.30. The van der Waals surface area contributed by atoms with Gasteiger partial charge >= 0.3 is 5.97 Å². The molecule has 0 amide bonds. The van der Waals surface area contributed by atoms with Crippen LogP contribution in [0.2, 0.25) is 0 Å². The molecule has 17 heavy (non-hydrogen) atoms. The van der Waals surface area contributed by atoms with Crippen molar-refractivity contribution in [3.8, 4) is 18.2 Å². The third kappa shape index (κ3) is 2.06. The van der Waals surface area contributed by atoms with Gasteiger partial charge in [-0.05, 0) is 12.1 Å². The van der Waals surface area contributed by atoms with Crippen LogP contribution in [0.4, 0.5) is 0 Å². The number of aromatic carboxylic acids is 1. The van der Waals surface area contributed by atoms with Crippen LogP contribution in [0, 0.1) is 12.3 Å². The van der Waals surface area contributed by atoms with Crippen molar-refractivity contribution in [2.45, 2.75) is 6.42 Å². The van der Waals surface area contributed by atoms with E-state index in [0.717, 1.165) is 0 Å². The summed E-state index contributed by atoms with van der Waals surface area (Å²) >= 11 is 0. The summed E-state index contributed by atoms with van der Waals surface area (Å²) in [5, 5.41) is 9.13. The standard InChI is InChI=1S/C12H10N2O3/c1-2-3-8-17-11-10(12(15)16)14-7-5-4-6-9(14)13-11/h1,4-7H,3,8H2,(H,15,16). The first kappa shape index (κ1) is 11.0. The van der Waals surface area contributed by atoms with Crippen molar-refractivity contribution >= 4 is 11.6 Å². The Balaban J connectivity index is 2.44. The number of carboxylic acids is 1. The number of carbonyl (C=O) groups is 1. The van der Waals surface area contributed by atoms with E-state index in [2.05, 4.69) is 10.9 Å². The second kappa shape index (κ2) is 4.58. The Bertz CT molecular complexity index is 595. The lowest BCUT2D eigenvalue weighted by atomic mass is 10.4. The van der Waals surface area contributed by atoms with Gasteiger partial charge in [-0.1, -0.05) is 6.07 Å². The third-order valence-electron chi connectivity index (χ3n) is 2.19. The van der Waals surface area contributed by atoms with Crippen LogP contribution in [0.15, 0.2) is 24.4 Å². The Hall–Kier alpha value is -2.48. The largest absolute Gasteiger partial charge is 0.476 e. The van der Waals surface area contributed by atoms with E-state index in [4.69, 9.17) is 16.3 Å². The first-order valence-corrected chi connectivity index (χ1v) is 5.00. The fraction of sp³-hybridized carbons (Fsp3) is 0.167. The van der Waals surface area contributed by atoms with Crippen LogP contribution in [0.5, 0.6) is 5.88 Å². The molecule has 2 rings (SSSR count). The van der Waals surface area contributed by atoms with Gasteiger partial charge in [0.05, 0.1) is 0 Å². The fourth-order valence-electron chi connectivity index (χ4n) is 1.48. The Morgan fingerprint density at radius 3 is 3.12 bits per heavy atom. The van der Waals surface area contributed by atoms with Crippen molar-refractivity contribution in [3.05, 3.63) is 30.1 Å². The first-order valence-electron chi connectivity index (χ1n) is 5.00. The van der Waals surface area contributed by atoms with Crippen molar-refractivity contribution in [2.24, 2.45) is 0 Å². The monoisotopic (exact) mass is 230 g/mol. The lowest BCUT2D eigenvalue weighted by Gasteiger charge is -2.01. The number of fused-ring (bicyclic) bond motifs is 1. The van der Waals surface area contributed by atoms with E-state index in [0.29, 0.717) is 12.1 Å². The van der Waals surface area contributed by atoms with Crippen LogP contribution in [0.3, 0.4) is 0 Å². The van der Waals surface area contributed by atoms with E-state index in [-0.39, 0.29) is 18.2 Å². The molecule has 0 aliphatic heterocycles. The van der Waals surface area contributed by atoms with Crippen LogP contribution in [-0.4, -0.2) is 27.1 Å². The minimum Gasteiger partial charge on any atom is -0.476 e. The third-order valence-corrected chi connectivity index (χ3v) is 2.19. The molecular formula is C12H10N2O3. The highest BCUT2D eigenvalue weighted by molar-refractivity contribution is 5.89. The van der Waals surface area contributed by atoms with Crippen LogP contribution in [-0.2, 0) is 0 Å². The molecule has 0 atom stereocenters. The number of hydrogen-bond donors (Lipinski definition) is 1. The molecule has 2 aromatic rings. The number of carboxylic acid groups (broad SMARTS) is 1. The normalized spacial score (nSPS) is 10.1. The quantitative estimate of drug-likeness (QED) is 0.637. The van der Waals surface area contributed by atoms with Crippen molar-refractivity contribution < 1.29 is 14.6 Å². The lowest BCUT2D eigenvalue weighted by molar-refractivity contribution is 0.0684. The highest BCUT2D eigenvalue weighted by Gasteiger charge is 2.19. The molecule has 0 radical (unpaired) electrons. The molecule has 0 aliphatic carbocycles. The maximum atomic E-state index is 11.1. The molecule has 0 unspecified atom stereocenters. The average Bonchev–Trinajstić information content (AvgIpc) is 2.67. The number of terminal acetylenes is 1. The zero-order valence-electron chi connectivity index (χ0n) is 8.96. The number of imidazole rings is 1. The molecule has 0 aromatic carbocycles. The summed E-state index contributed by atoms with van der Waals surface area (Å²) in [5.41, 5.74) is 0.540. The summed E-state index contributed by atoms with van der Waals surface area (Å²) in [6.07, 6.45) is 7.13.